The van der Waals surface area contributed by atoms with Crippen LogP contribution in [0.2, 0.25) is 0 Å². The molecule has 4 aromatic rings. The third kappa shape index (κ3) is 5.42. The molecule has 3 unspecified atom stereocenters. The van der Waals surface area contributed by atoms with Crippen LogP contribution < -0.4 is 11.1 Å². The number of carbonyl (C=O) groups is 2. The van der Waals surface area contributed by atoms with Crippen molar-refractivity contribution in [2.24, 2.45) is 11.7 Å². The number of hydrogen-bond acceptors (Lipinski definition) is 4. The minimum atomic E-state index is -0.838. The first-order valence-electron chi connectivity index (χ1n) is 12.8. The molecule has 5 N–H and O–H groups in total. The van der Waals surface area contributed by atoms with Gasteiger partial charge in [-0.25, -0.2) is 4.98 Å². The Labute approximate surface area is 216 Å². The van der Waals surface area contributed by atoms with Crippen LogP contribution in [0.25, 0.3) is 11.0 Å². The molecule has 3 aromatic carbocycles. The van der Waals surface area contributed by atoms with E-state index in [0.717, 1.165) is 59.8 Å². The summed E-state index contributed by atoms with van der Waals surface area (Å²) in [5.74, 6) is -0.236. The fourth-order valence-electron chi connectivity index (χ4n) is 5.52. The summed E-state index contributed by atoms with van der Waals surface area (Å²) in [6.45, 7) is -0.121. The maximum Gasteiger partial charge on any atom is 0.244 e. The number of aromatic amines is 1. The van der Waals surface area contributed by atoms with Crippen molar-refractivity contribution in [3.8, 4) is 0 Å². The van der Waals surface area contributed by atoms with Crippen LogP contribution in [0.3, 0.4) is 0 Å². The van der Waals surface area contributed by atoms with E-state index < -0.39 is 11.9 Å². The number of amides is 2. The van der Waals surface area contributed by atoms with E-state index in [0.29, 0.717) is 11.4 Å². The second-order valence-electron chi connectivity index (χ2n) is 9.83. The molecule has 0 aliphatic heterocycles. The molecule has 1 fully saturated rings. The summed E-state index contributed by atoms with van der Waals surface area (Å²) in [4.78, 5) is 33.2. The number of imidazole rings is 1. The van der Waals surface area contributed by atoms with Gasteiger partial charge >= 0.3 is 0 Å². The summed E-state index contributed by atoms with van der Waals surface area (Å²) < 4.78 is 0. The fraction of sp³-hybridized carbons (Fsp3) is 0.300. The highest BCUT2D eigenvalue weighted by molar-refractivity contribution is 5.89. The average Bonchev–Trinajstić information content (AvgIpc) is 3.37. The number of H-pyrrole nitrogens is 1. The smallest absolute Gasteiger partial charge is 0.244 e. The van der Waals surface area contributed by atoms with E-state index in [1.807, 2.05) is 30.3 Å². The van der Waals surface area contributed by atoms with Crippen LogP contribution in [-0.2, 0) is 22.6 Å². The molecule has 1 saturated carbocycles. The number of benzene rings is 3. The Morgan fingerprint density at radius 1 is 1.00 bits per heavy atom. The van der Waals surface area contributed by atoms with E-state index in [2.05, 4.69) is 45.6 Å². The van der Waals surface area contributed by atoms with Gasteiger partial charge in [0.05, 0.1) is 11.0 Å². The molecule has 1 aliphatic rings. The standard InChI is InChI=1S/C30H32N4O3/c31-29(36)28(21-7-2-1-3-8-21)34-30(37)24-11-5-4-10-23(24)20-15-13-19(14-16-20)17-22-9-6-12-25-27(22)33-26(18-35)32-25/h1-3,6-9,12-16,23-24,28,35H,4-5,10-11,17-18H2,(H2,31,36)(H,32,33)(H,34,37). The van der Waals surface area contributed by atoms with Gasteiger partial charge in [0.15, 0.2) is 0 Å². The topological polar surface area (TPSA) is 121 Å². The third-order valence-corrected chi connectivity index (χ3v) is 7.40. The molecule has 37 heavy (non-hydrogen) atoms. The zero-order chi connectivity index (χ0) is 25.8. The number of nitrogens with zero attached hydrogens (tertiary/aromatic N) is 1. The number of fused-ring (bicyclic) bond motifs is 1. The van der Waals surface area contributed by atoms with Crippen LogP contribution >= 0.6 is 0 Å². The minimum Gasteiger partial charge on any atom is -0.388 e. The van der Waals surface area contributed by atoms with E-state index >= 15 is 0 Å². The molecule has 0 saturated heterocycles. The van der Waals surface area contributed by atoms with Crippen molar-refractivity contribution < 1.29 is 14.7 Å². The van der Waals surface area contributed by atoms with E-state index in [1.165, 1.54) is 0 Å². The van der Waals surface area contributed by atoms with Crippen molar-refractivity contribution in [2.75, 3.05) is 0 Å². The molecule has 0 radical (unpaired) electrons. The molecule has 1 heterocycles. The average molecular weight is 497 g/mol. The Kier molecular flexibility index (Phi) is 7.32. The van der Waals surface area contributed by atoms with E-state index in [-0.39, 0.29) is 24.3 Å². The second kappa shape index (κ2) is 11.0. The monoisotopic (exact) mass is 496 g/mol. The van der Waals surface area contributed by atoms with Gasteiger partial charge in [-0.3, -0.25) is 9.59 Å². The Morgan fingerprint density at radius 3 is 2.49 bits per heavy atom. The third-order valence-electron chi connectivity index (χ3n) is 7.40. The van der Waals surface area contributed by atoms with Gasteiger partial charge in [-0.2, -0.15) is 0 Å². The molecule has 0 spiro atoms. The summed E-state index contributed by atoms with van der Waals surface area (Å²) in [7, 11) is 0. The van der Waals surface area contributed by atoms with Crippen LogP contribution in [-0.4, -0.2) is 26.9 Å². The lowest BCUT2D eigenvalue weighted by molar-refractivity contribution is -0.131. The number of para-hydroxylation sites is 1. The van der Waals surface area contributed by atoms with E-state index in [9.17, 15) is 14.7 Å². The molecule has 2 amide bonds. The van der Waals surface area contributed by atoms with Crippen LogP contribution in [0.1, 0.15) is 65.7 Å². The van der Waals surface area contributed by atoms with Gasteiger partial charge in [-0.05, 0) is 53.5 Å². The Hall–Kier alpha value is -3.97. The highest BCUT2D eigenvalue weighted by Crippen LogP contribution is 2.38. The maximum absolute atomic E-state index is 13.4. The molecule has 5 rings (SSSR count). The highest BCUT2D eigenvalue weighted by atomic mass is 16.3. The number of carbonyl (C=O) groups excluding carboxylic acids is 2. The quantitative estimate of drug-likeness (QED) is 0.291. The first-order chi connectivity index (χ1) is 18.0. The van der Waals surface area contributed by atoms with Gasteiger partial charge in [0.2, 0.25) is 11.8 Å². The number of nitrogens with two attached hydrogens (primary N) is 1. The van der Waals surface area contributed by atoms with E-state index in [1.54, 1.807) is 12.1 Å². The summed E-state index contributed by atoms with van der Waals surface area (Å²) in [5.41, 5.74) is 11.5. The molecule has 190 valence electrons. The van der Waals surface area contributed by atoms with Crippen molar-refractivity contribution in [2.45, 2.75) is 50.7 Å². The normalized spacial score (nSPS) is 18.4. The first-order valence-corrected chi connectivity index (χ1v) is 12.8. The summed E-state index contributed by atoms with van der Waals surface area (Å²) >= 11 is 0. The van der Waals surface area contributed by atoms with Crippen LogP contribution in [0, 0.1) is 5.92 Å². The molecule has 0 bridgehead atoms. The maximum atomic E-state index is 13.4. The lowest BCUT2D eigenvalue weighted by atomic mass is 9.74. The largest absolute Gasteiger partial charge is 0.388 e. The number of aliphatic hydroxyl groups excluding tert-OH is 1. The molecule has 3 atom stereocenters. The minimum absolute atomic E-state index is 0.0917. The van der Waals surface area contributed by atoms with Crippen molar-refractivity contribution >= 4 is 22.8 Å². The summed E-state index contributed by atoms with van der Waals surface area (Å²) in [6, 6.07) is 22.8. The highest BCUT2D eigenvalue weighted by Gasteiger charge is 2.34. The SMILES string of the molecule is NC(=O)C(NC(=O)C1CCCCC1c1ccc(Cc2cccc3[nH]c(CO)nc23)cc1)c1ccccc1. The molecule has 1 aromatic heterocycles. The predicted octanol–water partition coefficient (Wildman–Crippen LogP) is 4.26. The van der Waals surface area contributed by atoms with Gasteiger partial charge in [-0.1, -0.05) is 79.6 Å². The number of aromatic nitrogens is 2. The number of rotatable bonds is 8. The molecular formula is C30H32N4O3. The van der Waals surface area contributed by atoms with Crippen LogP contribution in [0.15, 0.2) is 72.8 Å². The van der Waals surface area contributed by atoms with E-state index in [4.69, 9.17) is 5.73 Å². The second-order valence-corrected chi connectivity index (χ2v) is 9.83. The number of nitrogens with one attached hydrogen (secondary N) is 2. The molecule has 7 heteroatoms. The van der Waals surface area contributed by atoms with Gasteiger partial charge < -0.3 is 21.1 Å². The van der Waals surface area contributed by atoms with Gasteiger partial charge in [0.25, 0.3) is 0 Å². The van der Waals surface area contributed by atoms with Gasteiger partial charge in [0, 0.05) is 5.92 Å². The fourth-order valence-corrected chi connectivity index (χ4v) is 5.52. The molecular weight excluding hydrogens is 464 g/mol. The molecule has 7 nitrogen and oxygen atoms in total. The summed E-state index contributed by atoms with van der Waals surface area (Å²) in [5, 5.41) is 12.4. The lowest BCUT2D eigenvalue weighted by Crippen LogP contribution is -2.42. The van der Waals surface area contributed by atoms with Gasteiger partial charge in [0.1, 0.15) is 18.5 Å². The Bertz CT molecular complexity index is 1380. The number of primary amides is 1. The lowest BCUT2D eigenvalue weighted by Gasteiger charge is -2.32. The predicted molar refractivity (Wildman–Crippen MR) is 142 cm³/mol. The number of hydrogen-bond donors (Lipinski definition) is 4. The Balaban J connectivity index is 1.32. The van der Waals surface area contributed by atoms with Gasteiger partial charge in [-0.15, -0.1) is 0 Å². The van der Waals surface area contributed by atoms with Crippen LogP contribution in [0.4, 0.5) is 0 Å². The van der Waals surface area contributed by atoms with Crippen molar-refractivity contribution in [1.29, 1.82) is 0 Å². The molecule has 1 aliphatic carbocycles. The Morgan fingerprint density at radius 2 is 1.76 bits per heavy atom. The van der Waals surface area contributed by atoms with Crippen molar-refractivity contribution in [3.63, 3.8) is 0 Å². The summed E-state index contributed by atoms with van der Waals surface area (Å²) in [6.07, 6.45) is 4.50. The number of aliphatic hydroxyl groups is 1. The van der Waals surface area contributed by atoms with Crippen LogP contribution in [0.5, 0.6) is 0 Å². The zero-order valence-corrected chi connectivity index (χ0v) is 20.7. The van der Waals surface area contributed by atoms with Crippen molar-refractivity contribution in [1.82, 2.24) is 15.3 Å². The zero-order valence-electron chi connectivity index (χ0n) is 20.7. The first kappa shape index (κ1) is 24.7. The van der Waals surface area contributed by atoms with Crippen molar-refractivity contribution in [3.05, 3.63) is 101 Å².